The van der Waals surface area contributed by atoms with Crippen LogP contribution in [0.2, 0.25) is 0 Å². The number of amides is 1. The zero-order chi connectivity index (χ0) is 17.4. The Kier molecular flexibility index (Phi) is 4.19. The largest absolute Gasteiger partial charge is 0.480 e. The second-order valence-electron chi connectivity index (χ2n) is 6.89. The molecule has 0 N–H and O–H groups in total. The molecule has 4 rings (SSSR count). The van der Waals surface area contributed by atoms with Gasteiger partial charge in [-0.05, 0) is 18.9 Å². The molecule has 1 aromatic carbocycles. The van der Waals surface area contributed by atoms with Crippen LogP contribution in [0.3, 0.4) is 0 Å². The molecule has 1 aromatic heterocycles. The summed E-state index contributed by atoms with van der Waals surface area (Å²) in [6.07, 6.45) is 2.22. The first kappa shape index (κ1) is 16.1. The molecule has 25 heavy (non-hydrogen) atoms. The zero-order valence-corrected chi connectivity index (χ0v) is 14.6. The Labute approximate surface area is 147 Å². The first-order valence-electron chi connectivity index (χ1n) is 9.04. The number of aryl methyl sites for hydroxylation is 1. The van der Waals surface area contributed by atoms with Crippen molar-refractivity contribution in [2.24, 2.45) is 0 Å². The average molecular weight is 341 g/mol. The van der Waals surface area contributed by atoms with Crippen molar-refractivity contribution in [3.05, 3.63) is 41.5 Å². The lowest BCUT2D eigenvalue weighted by atomic mass is 9.94. The Morgan fingerprint density at radius 3 is 2.96 bits per heavy atom. The van der Waals surface area contributed by atoms with E-state index in [1.807, 2.05) is 36.1 Å². The molecule has 1 amide bonds. The molecule has 1 fully saturated rings. The zero-order valence-electron chi connectivity index (χ0n) is 14.6. The van der Waals surface area contributed by atoms with Crippen LogP contribution in [0.1, 0.15) is 55.8 Å². The summed E-state index contributed by atoms with van der Waals surface area (Å²) in [5, 5.41) is 4.09. The van der Waals surface area contributed by atoms with Crippen LogP contribution in [-0.4, -0.2) is 40.1 Å². The summed E-state index contributed by atoms with van der Waals surface area (Å²) in [5.74, 6) is 2.47. The van der Waals surface area contributed by atoms with Crippen molar-refractivity contribution >= 4 is 5.91 Å². The molecule has 3 atom stereocenters. The quantitative estimate of drug-likeness (QED) is 0.858. The summed E-state index contributed by atoms with van der Waals surface area (Å²) in [7, 11) is 0. The van der Waals surface area contributed by atoms with E-state index in [1.165, 1.54) is 0 Å². The monoisotopic (exact) mass is 341 g/mol. The summed E-state index contributed by atoms with van der Waals surface area (Å²) in [6.45, 7) is 5.44. The molecule has 1 saturated heterocycles. The summed E-state index contributed by atoms with van der Waals surface area (Å²) in [5.41, 5.74) is 1.11. The van der Waals surface area contributed by atoms with E-state index < -0.39 is 6.10 Å². The summed E-state index contributed by atoms with van der Waals surface area (Å²) in [4.78, 5) is 19.4. The number of hydrogen-bond donors (Lipinski definition) is 0. The van der Waals surface area contributed by atoms with Crippen molar-refractivity contribution < 1.29 is 14.1 Å². The molecule has 0 radical (unpaired) electrons. The number of fused-ring (bicyclic) bond motifs is 1. The van der Waals surface area contributed by atoms with Crippen LogP contribution in [0.15, 0.2) is 28.8 Å². The lowest BCUT2D eigenvalue weighted by Gasteiger charge is -2.33. The van der Waals surface area contributed by atoms with Gasteiger partial charge in [-0.25, -0.2) is 0 Å². The maximum Gasteiger partial charge on any atom is 0.264 e. The Morgan fingerprint density at radius 2 is 2.20 bits per heavy atom. The third-order valence-corrected chi connectivity index (χ3v) is 5.25. The molecular formula is C19H23N3O3. The van der Waals surface area contributed by atoms with E-state index >= 15 is 0 Å². The van der Waals surface area contributed by atoms with Gasteiger partial charge in [-0.1, -0.05) is 37.2 Å². The number of likely N-dealkylation sites (tertiary alicyclic amines) is 1. The minimum Gasteiger partial charge on any atom is -0.480 e. The molecular weight excluding hydrogens is 318 g/mol. The van der Waals surface area contributed by atoms with Crippen molar-refractivity contribution in [3.8, 4) is 5.75 Å². The number of ether oxygens (including phenoxy) is 1. The minimum atomic E-state index is -0.437. The van der Waals surface area contributed by atoms with E-state index in [0.29, 0.717) is 12.4 Å². The van der Waals surface area contributed by atoms with Gasteiger partial charge in [0, 0.05) is 36.9 Å². The van der Waals surface area contributed by atoms with Gasteiger partial charge in [-0.2, -0.15) is 4.98 Å². The van der Waals surface area contributed by atoms with Crippen molar-refractivity contribution in [2.45, 2.75) is 51.0 Å². The topological polar surface area (TPSA) is 68.5 Å². The van der Waals surface area contributed by atoms with E-state index in [4.69, 9.17) is 9.26 Å². The first-order valence-corrected chi connectivity index (χ1v) is 9.04. The number of hydrogen-bond acceptors (Lipinski definition) is 5. The van der Waals surface area contributed by atoms with E-state index in [1.54, 1.807) is 0 Å². The second kappa shape index (κ2) is 6.50. The number of nitrogens with zero attached hydrogens (tertiary/aromatic N) is 3. The molecule has 0 spiro atoms. The number of carbonyl (C=O) groups excluding carboxylic acids is 1. The highest BCUT2D eigenvalue weighted by molar-refractivity contribution is 5.83. The van der Waals surface area contributed by atoms with Crippen LogP contribution in [0, 0.1) is 0 Å². The standard InChI is InChI=1S/C19H23N3O3/c1-3-16-20-18(21-25-16)13-7-6-10-22(11-13)19(23)17-12(2)14-8-4-5-9-15(14)24-17/h4-5,8-9,12-13,17H,3,6-7,10-11H2,1-2H3/t12-,13+,17-/m0/s1. The van der Waals surface area contributed by atoms with Gasteiger partial charge in [0.1, 0.15) is 5.75 Å². The molecule has 6 heteroatoms. The van der Waals surface area contributed by atoms with Gasteiger partial charge in [0.05, 0.1) is 0 Å². The SMILES string of the molecule is CCc1nc([C@@H]2CCCN(C(=O)[C@H]3Oc4ccccc4[C@@H]3C)C2)no1. The number of piperidine rings is 1. The Morgan fingerprint density at radius 1 is 1.36 bits per heavy atom. The van der Waals surface area contributed by atoms with Gasteiger partial charge >= 0.3 is 0 Å². The predicted molar refractivity (Wildman–Crippen MR) is 91.5 cm³/mol. The van der Waals surface area contributed by atoms with Gasteiger partial charge in [0.25, 0.3) is 5.91 Å². The summed E-state index contributed by atoms with van der Waals surface area (Å²) < 4.78 is 11.2. The van der Waals surface area contributed by atoms with Gasteiger partial charge in [-0.3, -0.25) is 4.79 Å². The van der Waals surface area contributed by atoms with Crippen LogP contribution in [0.4, 0.5) is 0 Å². The van der Waals surface area contributed by atoms with Gasteiger partial charge in [0.15, 0.2) is 11.9 Å². The number of para-hydroxylation sites is 1. The highest BCUT2D eigenvalue weighted by Gasteiger charge is 2.40. The third-order valence-electron chi connectivity index (χ3n) is 5.25. The molecule has 0 unspecified atom stereocenters. The molecule has 6 nitrogen and oxygen atoms in total. The highest BCUT2D eigenvalue weighted by Crippen LogP contribution is 2.39. The summed E-state index contributed by atoms with van der Waals surface area (Å²) >= 11 is 0. The maximum atomic E-state index is 13.1. The fourth-order valence-electron chi connectivity index (χ4n) is 3.78. The molecule has 0 aliphatic carbocycles. The molecule has 2 aromatic rings. The van der Waals surface area contributed by atoms with Crippen molar-refractivity contribution in [2.75, 3.05) is 13.1 Å². The number of benzene rings is 1. The maximum absolute atomic E-state index is 13.1. The van der Waals surface area contributed by atoms with E-state index in [9.17, 15) is 4.79 Å². The fraction of sp³-hybridized carbons (Fsp3) is 0.526. The molecule has 2 aliphatic rings. The number of rotatable bonds is 3. The van der Waals surface area contributed by atoms with Crippen LogP contribution in [0.5, 0.6) is 5.75 Å². The Bertz CT molecular complexity index is 773. The van der Waals surface area contributed by atoms with E-state index in [0.717, 1.165) is 42.9 Å². The molecule has 0 bridgehead atoms. The smallest absolute Gasteiger partial charge is 0.264 e. The molecule has 0 saturated carbocycles. The van der Waals surface area contributed by atoms with Crippen LogP contribution in [-0.2, 0) is 11.2 Å². The molecule has 2 aliphatic heterocycles. The van der Waals surface area contributed by atoms with Gasteiger partial charge in [0.2, 0.25) is 5.89 Å². The number of carbonyl (C=O) groups is 1. The van der Waals surface area contributed by atoms with E-state index in [-0.39, 0.29) is 17.7 Å². The van der Waals surface area contributed by atoms with Crippen LogP contribution >= 0.6 is 0 Å². The summed E-state index contributed by atoms with van der Waals surface area (Å²) in [6, 6.07) is 7.91. The lowest BCUT2D eigenvalue weighted by Crippen LogP contribution is -2.46. The minimum absolute atomic E-state index is 0.0626. The Balaban J connectivity index is 1.47. The normalized spacial score (nSPS) is 25.5. The van der Waals surface area contributed by atoms with Crippen molar-refractivity contribution in [1.29, 1.82) is 0 Å². The fourth-order valence-corrected chi connectivity index (χ4v) is 3.78. The molecule has 3 heterocycles. The van der Waals surface area contributed by atoms with Crippen LogP contribution < -0.4 is 4.74 Å². The van der Waals surface area contributed by atoms with Crippen molar-refractivity contribution in [3.63, 3.8) is 0 Å². The second-order valence-corrected chi connectivity index (χ2v) is 6.89. The van der Waals surface area contributed by atoms with Crippen molar-refractivity contribution in [1.82, 2.24) is 15.0 Å². The lowest BCUT2D eigenvalue weighted by molar-refractivity contribution is -0.140. The van der Waals surface area contributed by atoms with E-state index in [2.05, 4.69) is 17.1 Å². The third kappa shape index (κ3) is 2.90. The average Bonchev–Trinajstić information content (AvgIpc) is 3.26. The van der Waals surface area contributed by atoms with Gasteiger partial charge < -0.3 is 14.2 Å². The predicted octanol–water partition coefficient (Wildman–Crippen LogP) is 2.90. The van der Waals surface area contributed by atoms with Crippen LogP contribution in [0.25, 0.3) is 0 Å². The Hall–Kier alpha value is -2.37. The highest BCUT2D eigenvalue weighted by atomic mass is 16.5. The molecule has 132 valence electrons. The van der Waals surface area contributed by atoms with Gasteiger partial charge in [-0.15, -0.1) is 0 Å². The number of aromatic nitrogens is 2. The first-order chi connectivity index (χ1) is 12.2.